The zero-order valence-electron chi connectivity index (χ0n) is 62.7. The number of rotatable bonds is 82. The van der Waals surface area contributed by atoms with Crippen LogP contribution in [0.2, 0.25) is 0 Å². The Morgan fingerprint density at radius 3 is 0.593 bits per heavy atom. The van der Waals surface area contributed by atoms with Gasteiger partial charge in [0, 0.05) is 12.8 Å². The van der Waals surface area contributed by atoms with Crippen LogP contribution < -0.4 is 0 Å². The van der Waals surface area contributed by atoms with Crippen LogP contribution in [0.4, 0.5) is 0 Å². The van der Waals surface area contributed by atoms with Crippen molar-refractivity contribution < 1.29 is 24.2 Å². The van der Waals surface area contributed by atoms with Crippen molar-refractivity contribution in [2.75, 3.05) is 13.2 Å². The van der Waals surface area contributed by atoms with Crippen molar-refractivity contribution >= 4 is 11.9 Å². The Morgan fingerprint density at radius 2 is 0.407 bits per heavy atom. The Bertz CT molecular complexity index is 1360. The third kappa shape index (κ3) is 81.0. The van der Waals surface area contributed by atoms with Crippen molar-refractivity contribution in [3.8, 4) is 0 Å². The van der Waals surface area contributed by atoms with Crippen LogP contribution in [0.5, 0.6) is 0 Å². The number of allylic oxidation sites excluding steroid dienone is 2. The fourth-order valence-corrected chi connectivity index (χ4v) is 13.9. The van der Waals surface area contributed by atoms with Crippen molar-refractivity contribution in [2.45, 2.75) is 514 Å². The molecule has 0 heterocycles. The highest BCUT2D eigenvalue weighted by Gasteiger charge is 2.16. The molecular weight excluding hydrogens is 1110 g/mol. The van der Waals surface area contributed by atoms with E-state index in [1.165, 1.54) is 449 Å². The number of unbranched alkanes of at least 4 members (excludes halogenated alkanes) is 72. The normalized spacial score (nSPS) is 12.1. The van der Waals surface area contributed by atoms with Gasteiger partial charge in [-0.25, -0.2) is 0 Å². The first-order chi connectivity index (χ1) is 45.1. The summed E-state index contributed by atoms with van der Waals surface area (Å²) in [5.41, 5.74) is 0. The van der Waals surface area contributed by atoms with Crippen LogP contribution in [0.1, 0.15) is 508 Å². The molecule has 1 atom stereocenters. The molecule has 5 nitrogen and oxygen atoms in total. The van der Waals surface area contributed by atoms with E-state index in [2.05, 4.69) is 26.0 Å². The largest absolute Gasteiger partial charge is 0.462 e. The van der Waals surface area contributed by atoms with E-state index in [9.17, 15) is 14.7 Å². The first kappa shape index (κ1) is 89.6. The molecule has 0 aliphatic carbocycles. The van der Waals surface area contributed by atoms with E-state index < -0.39 is 6.10 Å². The zero-order valence-corrected chi connectivity index (χ0v) is 62.7. The number of hydrogen-bond acceptors (Lipinski definition) is 5. The van der Waals surface area contributed by atoms with Crippen LogP contribution in [-0.4, -0.2) is 36.4 Å². The van der Waals surface area contributed by atoms with Gasteiger partial charge in [-0.05, 0) is 38.5 Å². The number of carbonyl (C=O) groups excluding carboxylic acids is 2. The monoisotopic (exact) mass is 1280 g/mol. The maximum absolute atomic E-state index is 12.4. The lowest BCUT2D eigenvalue weighted by molar-refractivity contribution is -0.161. The lowest BCUT2D eigenvalue weighted by Crippen LogP contribution is -2.28. The number of esters is 2. The van der Waals surface area contributed by atoms with E-state index >= 15 is 0 Å². The lowest BCUT2D eigenvalue weighted by Gasteiger charge is -2.15. The van der Waals surface area contributed by atoms with Gasteiger partial charge >= 0.3 is 11.9 Å². The molecule has 91 heavy (non-hydrogen) atoms. The van der Waals surface area contributed by atoms with Crippen LogP contribution in [-0.2, 0) is 19.1 Å². The fourth-order valence-electron chi connectivity index (χ4n) is 13.9. The van der Waals surface area contributed by atoms with Crippen LogP contribution in [0.3, 0.4) is 0 Å². The molecule has 542 valence electrons. The van der Waals surface area contributed by atoms with E-state index in [0.29, 0.717) is 12.8 Å². The maximum Gasteiger partial charge on any atom is 0.306 e. The first-order valence-electron chi connectivity index (χ1n) is 42.7. The maximum atomic E-state index is 12.4. The van der Waals surface area contributed by atoms with E-state index in [4.69, 9.17) is 9.47 Å². The number of carbonyl (C=O) groups is 2. The Kier molecular flexibility index (Phi) is 81.6. The highest BCUT2D eigenvalue weighted by molar-refractivity contribution is 5.70. The Morgan fingerprint density at radius 1 is 0.242 bits per heavy atom. The highest BCUT2D eigenvalue weighted by Crippen LogP contribution is 2.21. The fraction of sp³-hybridized carbons (Fsp3) is 0.953. The number of ether oxygens (including phenoxy) is 2. The summed E-state index contributed by atoms with van der Waals surface area (Å²) in [4.78, 5) is 24.7. The minimum atomic E-state index is -0.768. The van der Waals surface area contributed by atoms with E-state index in [-0.39, 0.29) is 25.2 Å². The zero-order chi connectivity index (χ0) is 65.4. The van der Waals surface area contributed by atoms with E-state index in [1.54, 1.807) is 0 Å². The van der Waals surface area contributed by atoms with E-state index in [0.717, 1.165) is 32.1 Å². The van der Waals surface area contributed by atoms with Crippen molar-refractivity contribution in [2.24, 2.45) is 0 Å². The minimum Gasteiger partial charge on any atom is -0.462 e. The summed E-state index contributed by atoms with van der Waals surface area (Å²) in [5, 5.41) is 9.74. The summed E-state index contributed by atoms with van der Waals surface area (Å²) in [5.74, 6) is -0.556. The summed E-state index contributed by atoms with van der Waals surface area (Å²) in [6.07, 6.45) is 109. The molecule has 5 heteroatoms. The van der Waals surface area contributed by atoms with Crippen molar-refractivity contribution in [1.29, 1.82) is 0 Å². The second kappa shape index (κ2) is 82.9. The first-order valence-corrected chi connectivity index (χ1v) is 42.7. The smallest absolute Gasteiger partial charge is 0.306 e. The molecule has 0 aromatic carbocycles. The minimum absolute atomic E-state index is 0.0558. The number of hydrogen-bond donors (Lipinski definition) is 1. The Labute approximate surface area is 572 Å². The van der Waals surface area contributed by atoms with Gasteiger partial charge in [-0.2, -0.15) is 0 Å². The van der Waals surface area contributed by atoms with Crippen molar-refractivity contribution in [1.82, 2.24) is 0 Å². The van der Waals surface area contributed by atoms with Gasteiger partial charge in [0.15, 0.2) is 6.10 Å². The molecule has 0 fully saturated rings. The van der Waals surface area contributed by atoms with Gasteiger partial charge in [0.05, 0.1) is 6.61 Å². The van der Waals surface area contributed by atoms with Crippen molar-refractivity contribution in [3.63, 3.8) is 0 Å². The molecule has 0 radical (unpaired) electrons. The van der Waals surface area contributed by atoms with Crippen molar-refractivity contribution in [3.05, 3.63) is 12.2 Å². The lowest BCUT2D eigenvalue weighted by atomic mass is 10.0. The Balaban J connectivity index is 3.32. The average Bonchev–Trinajstić information content (AvgIpc) is 3.67. The summed E-state index contributed by atoms with van der Waals surface area (Å²) < 4.78 is 10.8. The second-order valence-corrected chi connectivity index (χ2v) is 29.6. The van der Waals surface area contributed by atoms with Crippen LogP contribution in [0, 0.1) is 0 Å². The molecule has 0 aromatic rings. The van der Waals surface area contributed by atoms with Gasteiger partial charge in [0.1, 0.15) is 6.61 Å². The van der Waals surface area contributed by atoms with Gasteiger partial charge in [-0.3, -0.25) is 9.59 Å². The van der Waals surface area contributed by atoms with Gasteiger partial charge in [-0.15, -0.1) is 0 Å². The number of aliphatic hydroxyl groups excluding tert-OH is 1. The Hall–Kier alpha value is -1.36. The van der Waals surface area contributed by atoms with Gasteiger partial charge < -0.3 is 14.6 Å². The summed E-state index contributed by atoms with van der Waals surface area (Å²) in [6.45, 7) is 4.23. The van der Waals surface area contributed by atoms with Gasteiger partial charge in [0.25, 0.3) is 0 Å². The highest BCUT2D eigenvalue weighted by atomic mass is 16.6. The molecule has 0 saturated heterocycles. The van der Waals surface area contributed by atoms with Gasteiger partial charge in [0.2, 0.25) is 0 Å². The predicted octanol–water partition coefficient (Wildman–Crippen LogP) is 30.1. The molecule has 0 rings (SSSR count). The molecule has 0 spiro atoms. The molecule has 0 amide bonds. The summed E-state index contributed by atoms with van der Waals surface area (Å²) in [6, 6.07) is 0. The molecule has 0 saturated carbocycles. The predicted molar refractivity (Wildman–Crippen MR) is 404 cm³/mol. The quantitative estimate of drug-likeness (QED) is 0.0373. The van der Waals surface area contributed by atoms with Crippen LogP contribution in [0.25, 0.3) is 0 Å². The molecule has 0 bridgehead atoms. The van der Waals surface area contributed by atoms with Crippen LogP contribution >= 0.6 is 0 Å². The molecular formula is C86H168O5. The van der Waals surface area contributed by atoms with Gasteiger partial charge in [-0.1, -0.05) is 469 Å². The molecule has 0 aliphatic heterocycles. The second-order valence-electron chi connectivity index (χ2n) is 29.6. The van der Waals surface area contributed by atoms with Crippen LogP contribution in [0.15, 0.2) is 12.2 Å². The summed E-state index contributed by atoms with van der Waals surface area (Å²) in [7, 11) is 0. The third-order valence-corrected chi connectivity index (χ3v) is 20.3. The topological polar surface area (TPSA) is 72.8 Å². The molecule has 0 aliphatic rings. The standard InChI is InChI=1S/C86H168O5/c1-3-5-7-9-11-13-15-17-19-21-23-25-27-29-31-33-35-37-39-41-43-45-47-49-51-53-55-57-59-61-63-65-67-69-71-73-75-77-79-81-86(89)91-84(82-87)83-90-85(88)80-78-76-74-72-70-68-66-64-62-60-58-56-54-52-50-48-46-44-42-40-38-36-34-32-30-28-26-24-22-20-18-16-14-12-10-8-6-4-2/h21,23,84,87H,3-20,22,24-83H2,1-2H3/b23-21-. The molecule has 0 aromatic heterocycles. The third-order valence-electron chi connectivity index (χ3n) is 20.3. The summed E-state index contributed by atoms with van der Waals surface area (Å²) >= 11 is 0. The SMILES string of the molecule is CCCCCCCCCC/C=C\CCCCCCCCCCCCCCCCCCCCCCCCCCCCCC(=O)OC(CO)COC(=O)CCCCCCCCCCCCCCCCCCCCCCCCCCCCCCCCCCCCCCCC. The number of aliphatic hydroxyl groups is 1. The average molecular weight is 1280 g/mol. The molecule has 1 N–H and O–H groups in total. The molecule has 1 unspecified atom stereocenters. The van der Waals surface area contributed by atoms with E-state index in [1.807, 2.05) is 0 Å².